The summed E-state index contributed by atoms with van der Waals surface area (Å²) in [7, 11) is 0. The summed E-state index contributed by atoms with van der Waals surface area (Å²) >= 11 is 0. The monoisotopic (exact) mass is 269 g/mol. The Bertz CT molecular complexity index is 634. The third-order valence-electron chi connectivity index (χ3n) is 3.64. The van der Waals surface area contributed by atoms with Gasteiger partial charge in [-0.15, -0.1) is 0 Å². The van der Waals surface area contributed by atoms with Gasteiger partial charge in [-0.1, -0.05) is 12.1 Å². The number of nitrogens with one attached hydrogen (secondary N) is 1. The Hall–Kier alpha value is -2.16. The molecule has 0 aliphatic carbocycles. The Morgan fingerprint density at radius 2 is 1.95 bits per heavy atom. The molecule has 1 N–H and O–H groups in total. The van der Waals surface area contributed by atoms with E-state index in [1.807, 2.05) is 18.2 Å². The number of hydrogen-bond acceptors (Lipinski definition) is 2. The summed E-state index contributed by atoms with van der Waals surface area (Å²) in [5.74, 6) is -0.203. The van der Waals surface area contributed by atoms with E-state index >= 15 is 0 Å². The minimum atomic E-state index is -0.277. The second kappa shape index (κ2) is 5.45. The van der Waals surface area contributed by atoms with Gasteiger partial charge >= 0.3 is 0 Å². The van der Waals surface area contributed by atoms with Crippen LogP contribution in [0.15, 0.2) is 42.5 Å². The van der Waals surface area contributed by atoms with E-state index in [1.165, 1.54) is 17.7 Å². The summed E-state index contributed by atoms with van der Waals surface area (Å²) in [5.41, 5.74) is 3.92. The van der Waals surface area contributed by atoms with Crippen LogP contribution in [0.4, 0.5) is 10.1 Å². The number of carbonyl (C=O) groups is 1. The Balaban J connectivity index is 1.78. The molecule has 0 atom stereocenters. The van der Waals surface area contributed by atoms with Crippen molar-refractivity contribution in [3.8, 4) is 0 Å². The molecule has 2 nitrogen and oxygen atoms in total. The van der Waals surface area contributed by atoms with Crippen molar-refractivity contribution in [3.05, 3.63) is 65.0 Å². The molecule has 102 valence electrons. The topological polar surface area (TPSA) is 29.1 Å². The van der Waals surface area contributed by atoms with E-state index in [0.717, 1.165) is 36.2 Å². The van der Waals surface area contributed by atoms with E-state index in [9.17, 15) is 9.18 Å². The number of fused-ring (bicyclic) bond motifs is 1. The SMILES string of the molecule is O=C(Cc1ccc(F)cc1)c1ccc2c(c1)CCCN2. The lowest BCUT2D eigenvalue weighted by atomic mass is 9.97. The highest BCUT2D eigenvalue weighted by Gasteiger charge is 2.13. The number of carbonyl (C=O) groups excluding carboxylic acids is 1. The van der Waals surface area contributed by atoms with Crippen molar-refractivity contribution in [2.24, 2.45) is 0 Å². The molecule has 20 heavy (non-hydrogen) atoms. The largest absolute Gasteiger partial charge is 0.385 e. The molecule has 1 aliphatic rings. The Labute approximate surface area is 117 Å². The van der Waals surface area contributed by atoms with Gasteiger partial charge in [0, 0.05) is 24.2 Å². The molecule has 0 saturated heterocycles. The van der Waals surface area contributed by atoms with Crippen LogP contribution in [-0.4, -0.2) is 12.3 Å². The van der Waals surface area contributed by atoms with E-state index in [4.69, 9.17) is 0 Å². The third-order valence-corrected chi connectivity index (χ3v) is 3.64. The summed E-state index contributed by atoms with van der Waals surface area (Å²) in [6.45, 7) is 0.996. The fourth-order valence-electron chi connectivity index (χ4n) is 2.54. The minimum absolute atomic E-state index is 0.0741. The van der Waals surface area contributed by atoms with Crippen molar-refractivity contribution in [2.45, 2.75) is 19.3 Å². The van der Waals surface area contributed by atoms with Crippen molar-refractivity contribution in [1.82, 2.24) is 0 Å². The lowest BCUT2D eigenvalue weighted by molar-refractivity contribution is 0.0993. The number of Topliss-reactive ketones (excluding diaryl/α,β-unsaturated/α-hetero) is 1. The standard InChI is InChI=1S/C17H16FNO/c18-15-6-3-12(4-7-15)10-17(20)14-5-8-16-13(11-14)2-1-9-19-16/h3-8,11,19H,1-2,9-10H2. The zero-order chi connectivity index (χ0) is 13.9. The van der Waals surface area contributed by atoms with E-state index in [-0.39, 0.29) is 11.6 Å². The fourth-order valence-corrected chi connectivity index (χ4v) is 2.54. The summed E-state index contributed by atoms with van der Waals surface area (Å²) in [4.78, 5) is 12.3. The number of benzene rings is 2. The molecule has 0 bridgehead atoms. The molecular formula is C17H16FNO. The molecule has 0 aromatic heterocycles. The first-order chi connectivity index (χ1) is 9.72. The molecule has 2 aromatic carbocycles. The van der Waals surface area contributed by atoms with Gasteiger partial charge in [0.15, 0.2) is 5.78 Å². The number of hydrogen-bond donors (Lipinski definition) is 1. The van der Waals surface area contributed by atoms with Crippen LogP contribution >= 0.6 is 0 Å². The van der Waals surface area contributed by atoms with Gasteiger partial charge in [0.1, 0.15) is 5.82 Å². The van der Waals surface area contributed by atoms with Crippen LogP contribution in [0.5, 0.6) is 0 Å². The number of aryl methyl sites for hydroxylation is 1. The molecule has 0 amide bonds. The number of ketones is 1. The molecular weight excluding hydrogens is 253 g/mol. The van der Waals surface area contributed by atoms with Crippen LogP contribution in [0.1, 0.15) is 27.9 Å². The molecule has 0 fully saturated rings. The zero-order valence-corrected chi connectivity index (χ0v) is 11.2. The molecule has 1 aliphatic heterocycles. The zero-order valence-electron chi connectivity index (χ0n) is 11.2. The minimum Gasteiger partial charge on any atom is -0.385 e. The van der Waals surface area contributed by atoms with E-state index in [1.54, 1.807) is 12.1 Å². The van der Waals surface area contributed by atoms with Gasteiger partial charge in [0.05, 0.1) is 0 Å². The average molecular weight is 269 g/mol. The maximum atomic E-state index is 12.8. The van der Waals surface area contributed by atoms with Crippen LogP contribution in [0, 0.1) is 5.82 Å². The van der Waals surface area contributed by atoms with Gasteiger partial charge < -0.3 is 5.32 Å². The fraction of sp³-hybridized carbons (Fsp3) is 0.235. The lowest BCUT2D eigenvalue weighted by Gasteiger charge is -2.18. The first-order valence-electron chi connectivity index (χ1n) is 6.87. The molecule has 0 unspecified atom stereocenters. The molecule has 0 saturated carbocycles. The van der Waals surface area contributed by atoms with Gasteiger partial charge in [0.25, 0.3) is 0 Å². The van der Waals surface area contributed by atoms with Crippen molar-refractivity contribution in [1.29, 1.82) is 0 Å². The first-order valence-corrected chi connectivity index (χ1v) is 6.87. The van der Waals surface area contributed by atoms with Gasteiger partial charge in [-0.05, 0) is 54.3 Å². The quantitative estimate of drug-likeness (QED) is 0.862. The van der Waals surface area contributed by atoms with E-state index < -0.39 is 0 Å². The second-order valence-corrected chi connectivity index (χ2v) is 5.13. The van der Waals surface area contributed by atoms with Crippen molar-refractivity contribution in [2.75, 3.05) is 11.9 Å². The Morgan fingerprint density at radius 1 is 1.15 bits per heavy atom. The summed E-state index contributed by atoms with van der Waals surface area (Å²) in [6, 6.07) is 11.9. The molecule has 3 heteroatoms. The molecule has 0 spiro atoms. The van der Waals surface area contributed by atoms with Crippen LogP contribution in [-0.2, 0) is 12.8 Å². The molecule has 3 rings (SSSR count). The van der Waals surface area contributed by atoms with E-state index in [0.29, 0.717) is 6.42 Å². The van der Waals surface area contributed by atoms with Gasteiger partial charge in [-0.2, -0.15) is 0 Å². The summed E-state index contributed by atoms with van der Waals surface area (Å²) < 4.78 is 12.8. The van der Waals surface area contributed by atoms with Crippen LogP contribution in [0.2, 0.25) is 0 Å². The van der Waals surface area contributed by atoms with Crippen molar-refractivity contribution >= 4 is 11.5 Å². The maximum absolute atomic E-state index is 12.8. The predicted molar refractivity (Wildman–Crippen MR) is 77.7 cm³/mol. The highest BCUT2D eigenvalue weighted by atomic mass is 19.1. The summed E-state index contributed by atoms with van der Waals surface area (Å²) in [6.07, 6.45) is 2.43. The number of rotatable bonds is 3. The molecule has 0 radical (unpaired) electrons. The predicted octanol–water partition coefficient (Wildman–Crippen LogP) is 3.61. The molecule has 1 heterocycles. The van der Waals surface area contributed by atoms with Crippen molar-refractivity contribution in [3.63, 3.8) is 0 Å². The van der Waals surface area contributed by atoms with Crippen LogP contribution in [0.25, 0.3) is 0 Å². The van der Waals surface area contributed by atoms with E-state index in [2.05, 4.69) is 5.32 Å². The third kappa shape index (κ3) is 2.72. The normalized spacial score (nSPS) is 13.4. The number of halogens is 1. The maximum Gasteiger partial charge on any atom is 0.167 e. The summed E-state index contributed by atoms with van der Waals surface area (Å²) in [5, 5.41) is 3.33. The Kier molecular flexibility index (Phi) is 3.50. The van der Waals surface area contributed by atoms with Crippen LogP contribution < -0.4 is 5.32 Å². The lowest BCUT2D eigenvalue weighted by Crippen LogP contribution is -2.13. The number of anilines is 1. The van der Waals surface area contributed by atoms with Crippen molar-refractivity contribution < 1.29 is 9.18 Å². The second-order valence-electron chi connectivity index (χ2n) is 5.13. The van der Waals surface area contributed by atoms with Gasteiger partial charge in [-0.25, -0.2) is 4.39 Å². The van der Waals surface area contributed by atoms with Gasteiger partial charge in [0.2, 0.25) is 0 Å². The van der Waals surface area contributed by atoms with Crippen LogP contribution in [0.3, 0.4) is 0 Å². The highest BCUT2D eigenvalue weighted by molar-refractivity contribution is 5.98. The Morgan fingerprint density at radius 3 is 2.75 bits per heavy atom. The highest BCUT2D eigenvalue weighted by Crippen LogP contribution is 2.23. The molecule has 2 aromatic rings. The average Bonchev–Trinajstić information content (AvgIpc) is 2.49. The van der Waals surface area contributed by atoms with Gasteiger partial charge in [-0.3, -0.25) is 4.79 Å². The first kappa shape index (κ1) is 12.9. The smallest absolute Gasteiger partial charge is 0.167 e.